The van der Waals surface area contributed by atoms with Gasteiger partial charge in [0.25, 0.3) is 0 Å². The molecule has 3 aromatic rings. The molecule has 1 heterocycles. The van der Waals surface area contributed by atoms with Gasteiger partial charge in [0.2, 0.25) is 0 Å². The van der Waals surface area contributed by atoms with Crippen LogP contribution in [-0.2, 0) is 11.2 Å². The summed E-state index contributed by atoms with van der Waals surface area (Å²) < 4.78 is 12.0. The molecule has 25 heavy (non-hydrogen) atoms. The van der Waals surface area contributed by atoms with Gasteiger partial charge in [-0.1, -0.05) is 66.7 Å². The van der Waals surface area contributed by atoms with Gasteiger partial charge in [0, 0.05) is 6.42 Å². The number of esters is 1. The molecule has 0 aromatic heterocycles. The van der Waals surface area contributed by atoms with Gasteiger partial charge in [-0.3, -0.25) is 0 Å². The number of carbonyl (C=O) groups is 1. The summed E-state index contributed by atoms with van der Waals surface area (Å²) in [6.45, 7) is 0. The average Bonchev–Trinajstić information content (AvgIpc) is 2.69. The second-order valence-electron chi connectivity index (χ2n) is 6.07. The number of rotatable bonds is 3. The summed E-state index contributed by atoms with van der Waals surface area (Å²) in [5, 5.41) is 0. The zero-order chi connectivity index (χ0) is 17.1. The van der Waals surface area contributed by atoms with Gasteiger partial charge in [0.15, 0.2) is 6.10 Å². The molecule has 3 aromatic carbocycles. The maximum atomic E-state index is 12.5. The molecule has 1 aliphatic rings. The number of hydrogen-bond acceptors (Lipinski definition) is 3. The van der Waals surface area contributed by atoms with Crippen LogP contribution in [0.15, 0.2) is 84.9 Å². The molecule has 0 aliphatic carbocycles. The third kappa shape index (κ3) is 3.26. The van der Waals surface area contributed by atoms with Crippen LogP contribution in [0.4, 0.5) is 0 Å². The van der Waals surface area contributed by atoms with E-state index in [1.807, 2.05) is 72.8 Å². The quantitative estimate of drug-likeness (QED) is 0.659. The van der Waals surface area contributed by atoms with E-state index < -0.39 is 0 Å². The van der Waals surface area contributed by atoms with Gasteiger partial charge < -0.3 is 9.47 Å². The van der Waals surface area contributed by atoms with Crippen molar-refractivity contribution in [1.82, 2.24) is 0 Å². The van der Waals surface area contributed by atoms with Crippen molar-refractivity contribution in [2.24, 2.45) is 0 Å². The van der Waals surface area contributed by atoms with E-state index in [1.54, 1.807) is 12.1 Å². The third-order valence-corrected chi connectivity index (χ3v) is 4.38. The molecule has 0 fully saturated rings. The minimum absolute atomic E-state index is 0.316. The molecule has 0 saturated carbocycles. The Kier molecular flexibility index (Phi) is 4.21. The van der Waals surface area contributed by atoms with Gasteiger partial charge in [-0.05, 0) is 29.3 Å². The fourth-order valence-corrected chi connectivity index (χ4v) is 3.13. The standard InChI is InChI=1S/C22H18O3/c23-22(17-11-5-2-6-12-17)25-20-15-18-13-7-8-14-19(18)24-21(20)16-9-3-1-4-10-16/h1-14,20-21H,15H2/t20-,21-/m1/s1. The SMILES string of the molecule is O=C(O[C@@H]1Cc2ccccc2O[C@@H]1c1ccccc1)c1ccccc1. The van der Waals surface area contributed by atoms with Crippen molar-refractivity contribution < 1.29 is 14.3 Å². The smallest absolute Gasteiger partial charge is 0.338 e. The van der Waals surface area contributed by atoms with Gasteiger partial charge >= 0.3 is 5.97 Å². The molecule has 3 nitrogen and oxygen atoms in total. The first-order valence-electron chi connectivity index (χ1n) is 8.37. The summed E-state index contributed by atoms with van der Waals surface area (Å²) in [6.07, 6.45) is -0.0531. The monoisotopic (exact) mass is 330 g/mol. The highest BCUT2D eigenvalue weighted by atomic mass is 16.6. The minimum Gasteiger partial charge on any atom is -0.482 e. The van der Waals surface area contributed by atoms with Crippen LogP contribution in [0.25, 0.3) is 0 Å². The second-order valence-corrected chi connectivity index (χ2v) is 6.07. The second kappa shape index (κ2) is 6.81. The largest absolute Gasteiger partial charge is 0.482 e. The maximum absolute atomic E-state index is 12.5. The molecular formula is C22H18O3. The van der Waals surface area contributed by atoms with Gasteiger partial charge in [-0.15, -0.1) is 0 Å². The van der Waals surface area contributed by atoms with Gasteiger partial charge in [0.05, 0.1) is 5.56 Å². The highest BCUT2D eigenvalue weighted by Crippen LogP contribution is 2.36. The van der Waals surface area contributed by atoms with Gasteiger partial charge in [-0.2, -0.15) is 0 Å². The predicted molar refractivity (Wildman–Crippen MR) is 95.6 cm³/mol. The lowest BCUT2D eigenvalue weighted by Crippen LogP contribution is -2.34. The molecule has 2 atom stereocenters. The van der Waals surface area contributed by atoms with Crippen LogP contribution in [0.5, 0.6) is 5.75 Å². The van der Waals surface area contributed by atoms with Crippen LogP contribution in [0.1, 0.15) is 27.6 Å². The van der Waals surface area contributed by atoms with Crippen molar-refractivity contribution >= 4 is 5.97 Å². The Labute approximate surface area is 146 Å². The van der Waals surface area contributed by atoms with Crippen LogP contribution < -0.4 is 4.74 Å². The normalized spacial score (nSPS) is 18.7. The molecule has 0 unspecified atom stereocenters. The van der Waals surface area contributed by atoms with Crippen molar-refractivity contribution in [2.75, 3.05) is 0 Å². The van der Waals surface area contributed by atoms with E-state index in [0.29, 0.717) is 12.0 Å². The van der Waals surface area contributed by atoms with Crippen LogP contribution >= 0.6 is 0 Å². The topological polar surface area (TPSA) is 35.5 Å². The summed E-state index contributed by atoms with van der Waals surface area (Å²) in [7, 11) is 0. The molecule has 1 aliphatic heterocycles. The Morgan fingerprint density at radius 3 is 2.24 bits per heavy atom. The fourth-order valence-electron chi connectivity index (χ4n) is 3.13. The van der Waals surface area contributed by atoms with Gasteiger partial charge in [0.1, 0.15) is 11.9 Å². The van der Waals surface area contributed by atoms with E-state index in [9.17, 15) is 4.79 Å². The highest BCUT2D eigenvalue weighted by molar-refractivity contribution is 5.89. The highest BCUT2D eigenvalue weighted by Gasteiger charge is 2.34. The Morgan fingerprint density at radius 1 is 0.840 bits per heavy atom. The number of para-hydroxylation sites is 1. The van der Waals surface area contributed by atoms with Crippen LogP contribution in [0.3, 0.4) is 0 Å². The summed E-state index contributed by atoms with van der Waals surface area (Å²) >= 11 is 0. The van der Waals surface area contributed by atoms with Crippen molar-refractivity contribution in [3.8, 4) is 5.75 Å². The lowest BCUT2D eigenvalue weighted by Gasteiger charge is -2.33. The van der Waals surface area contributed by atoms with Crippen molar-refractivity contribution in [1.29, 1.82) is 0 Å². The van der Waals surface area contributed by atoms with Crippen LogP contribution in [0.2, 0.25) is 0 Å². The van der Waals surface area contributed by atoms with E-state index in [0.717, 1.165) is 16.9 Å². The minimum atomic E-state index is -0.370. The Bertz CT molecular complexity index is 859. The molecule has 4 rings (SSSR count). The molecule has 0 saturated heterocycles. The molecule has 3 heteroatoms. The average molecular weight is 330 g/mol. The van der Waals surface area contributed by atoms with E-state index >= 15 is 0 Å². The van der Waals surface area contributed by atoms with E-state index in [-0.39, 0.29) is 18.2 Å². The zero-order valence-corrected chi connectivity index (χ0v) is 13.7. The number of carbonyl (C=O) groups excluding carboxylic acids is 1. The van der Waals surface area contributed by atoms with E-state index in [4.69, 9.17) is 9.47 Å². The number of ether oxygens (including phenoxy) is 2. The fraction of sp³-hybridized carbons (Fsp3) is 0.136. The number of hydrogen-bond donors (Lipinski definition) is 0. The molecule has 0 radical (unpaired) electrons. The first-order chi connectivity index (χ1) is 12.3. The van der Waals surface area contributed by atoms with E-state index in [2.05, 4.69) is 0 Å². The summed E-state index contributed by atoms with van der Waals surface area (Å²) in [4.78, 5) is 12.5. The third-order valence-electron chi connectivity index (χ3n) is 4.38. The zero-order valence-electron chi connectivity index (χ0n) is 13.7. The predicted octanol–water partition coefficient (Wildman–Crippen LogP) is 4.59. The summed E-state index contributed by atoms with van der Waals surface area (Å²) in [5.74, 6) is 0.526. The molecule has 0 spiro atoms. The molecule has 124 valence electrons. The Hall–Kier alpha value is -3.07. The van der Waals surface area contributed by atoms with E-state index in [1.165, 1.54) is 0 Å². The summed E-state index contributed by atoms with van der Waals surface area (Å²) in [5.41, 5.74) is 2.61. The van der Waals surface area contributed by atoms with Crippen molar-refractivity contribution in [3.63, 3.8) is 0 Å². The number of benzene rings is 3. The number of fused-ring (bicyclic) bond motifs is 1. The van der Waals surface area contributed by atoms with Crippen molar-refractivity contribution in [2.45, 2.75) is 18.6 Å². The Balaban J connectivity index is 1.64. The lowest BCUT2D eigenvalue weighted by atomic mass is 9.94. The Morgan fingerprint density at radius 2 is 1.48 bits per heavy atom. The van der Waals surface area contributed by atoms with Crippen LogP contribution in [-0.4, -0.2) is 12.1 Å². The van der Waals surface area contributed by atoms with Crippen LogP contribution in [0, 0.1) is 0 Å². The maximum Gasteiger partial charge on any atom is 0.338 e. The molecule has 0 bridgehead atoms. The van der Waals surface area contributed by atoms with Gasteiger partial charge in [-0.25, -0.2) is 4.79 Å². The first kappa shape index (κ1) is 15.5. The lowest BCUT2D eigenvalue weighted by molar-refractivity contribution is -0.0182. The molecule has 0 N–H and O–H groups in total. The molecular weight excluding hydrogens is 312 g/mol. The molecule has 0 amide bonds. The first-order valence-corrected chi connectivity index (χ1v) is 8.37. The van der Waals surface area contributed by atoms with Crippen molar-refractivity contribution in [3.05, 3.63) is 102 Å². The summed E-state index contributed by atoms with van der Waals surface area (Å²) in [6, 6.07) is 26.9.